The Kier molecular flexibility index (Phi) is 1.86. The summed E-state index contributed by atoms with van der Waals surface area (Å²) >= 11 is 0. The molecule has 1 fully saturated rings. The molecule has 0 aliphatic heterocycles. The van der Waals surface area contributed by atoms with Crippen LogP contribution in [0.25, 0.3) is 0 Å². The van der Waals surface area contributed by atoms with Crippen LogP contribution in [0.1, 0.15) is 40.5 Å². The van der Waals surface area contributed by atoms with E-state index in [0.29, 0.717) is 17.1 Å². The first-order chi connectivity index (χ1) is 7.44. The van der Waals surface area contributed by atoms with Gasteiger partial charge in [0.1, 0.15) is 0 Å². The van der Waals surface area contributed by atoms with Gasteiger partial charge in [0.2, 0.25) is 0 Å². The predicted octanol–water partition coefficient (Wildman–Crippen LogP) is 3.51. The van der Waals surface area contributed by atoms with Gasteiger partial charge < -0.3 is 0 Å². The van der Waals surface area contributed by atoms with Crippen molar-refractivity contribution in [3.63, 3.8) is 0 Å². The summed E-state index contributed by atoms with van der Waals surface area (Å²) in [6, 6.07) is 0. The van der Waals surface area contributed by atoms with Crippen molar-refractivity contribution < 1.29 is 4.79 Å². The molecule has 0 bridgehead atoms. The third-order valence-corrected chi connectivity index (χ3v) is 5.21. The monoisotopic (exact) mass is 216 g/mol. The second-order valence-corrected chi connectivity index (χ2v) is 6.42. The van der Waals surface area contributed by atoms with E-state index in [0.717, 1.165) is 23.8 Å². The Morgan fingerprint density at radius 3 is 2.69 bits per heavy atom. The van der Waals surface area contributed by atoms with Crippen LogP contribution in [-0.4, -0.2) is 5.78 Å². The van der Waals surface area contributed by atoms with Gasteiger partial charge in [0.15, 0.2) is 5.78 Å². The quantitative estimate of drug-likeness (QED) is 0.605. The van der Waals surface area contributed by atoms with Gasteiger partial charge in [0, 0.05) is 11.5 Å². The van der Waals surface area contributed by atoms with E-state index in [2.05, 4.69) is 27.7 Å². The van der Waals surface area contributed by atoms with E-state index in [1.54, 1.807) is 0 Å². The Balaban J connectivity index is 2.09. The van der Waals surface area contributed by atoms with Gasteiger partial charge in [-0.15, -0.1) is 0 Å². The van der Waals surface area contributed by atoms with Crippen LogP contribution in [0.2, 0.25) is 0 Å². The highest BCUT2D eigenvalue weighted by molar-refractivity contribution is 6.08. The van der Waals surface area contributed by atoms with Crippen LogP contribution in [0.5, 0.6) is 0 Å². The third-order valence-electron chi connectivity index (χ3n) is 5.21. The SMILES string of the molecule is CC1=CC(=O)C2=C(C)CC[C@H]3[C@H]([C@H]12)C3(C)C. The highest BCUT2D eigenvalue weighted by atomic mass is 16.1. The highest BCUT2D eigenvalue weighted by Gasteiger charge is 2.63. The van der Waals surface area contributed by atoms with Crippen molar-refractivity contribution in [1.82, 2.24) is 0 Å². The molecule has 86 valence electrons. The molecule has 0 spiro atoms. The summed E-state index contributed by atoms with van der Waals surface area (Å²) in [5.74, 6) is 2.31. The second kappa shape index (κ2) is 2.88. The molecule has 0 N–H and O–H groups in total. The minimum atomic E-state index is 0.295. The van der Waals surface area contributed by atoms with Gasteiger partial charge in [-0.2, -0.15) is 0 Å². The largest absolute Gasteiger partial charge is 0.290 e. The predicted molar refractivity (Wildman–Crippen MR) is 64.9 cm³/mol. The van der Waals surface area contributed by atoms with Gasteiger partial charge >= 0.3 is 0 Å². The molecular formula is C15H20O. The van der Waals surface area contributed by atoms with Crippen molar-refractivity contribution >= 4 is 5.78 Å². The van der Waals surface area contributed by atoms with Crippen molar-refractivity contribution in [3.05, 3.63) is 22.8 Å². The lowest BCUT2D eigenvalue weighted by Crippen LogP contribution is -2.12. The molecule has 1 heteroatoms. The molecule has 0 heterocycles. The Bertz CT molecular complexity index is 436. The summed E-state index contributed by atoms with van der Waals surface area (Å²) in [6.07, 6.45) is 4.29. The normalized spacial score (nSPS) is 40.1. The zero-order valence-electron chi connectivity index (χ0n) is 10.6. The number of carbonyl (C=O) groups is 1. The zero-order valence-corrected chi connectivity index (χ0v) is 10.6. The molecule has 3 atom stereocenters. The van der Waals surface area contributed by atoms with E-state index >= 15 is 0 Å². The summed E-state index contributed by atoms with van der Waals surface area (Å²) < 4.78 is 0. The fourth-order valence-electron chi connectivity index (χ4n) is 4.20. The maximum absolute atomic E-state index is 12.0. The van der Waals surface area contributed by atoms with Gasteiger partial charge in [0.25, 0.3) is 0 Å². The van der Waals surface area contributed by atoms with Crippen LogP contribution in [0, 0.1) is 23.2 Å². The van der Waals surface area contributed by atoms with Crippen LogP contribution < -0.4 is 0 Å². The first-order valence-corrected chi connectivity index (χ1v) is 6.36. The standard InChI is InChI=1S/C15H20O/c1-8-5-6-10-14(15(10,3)4)13-9(2)7-11(16)12(8)13/h7,10,13-14H,5-6H2,1-4H3/t10-,13+,14+/m0/s1. The Hall–Kier alpha value is -0.850. The number of hydrogen-bond donors (Lipinski definition) is 0. The number of fused-ring (bicyclic) bond motifs is 3. The molecule has 0 aromatic rings. The van der Waals surface area contributed by atoms with Gasteiger partial charge in [-0.1, -0.05) is 25.0 Å². The molecule has 3 aliphatic carbocycles. The van der Waals surface area contributed by atoms with E-state index < -0.39 is 0 Å². The van der Waals surface area contributed by atoms with Crippen molar-refractivity contribution in [1.29, 1.82) is 0 Å². The number of rotatable bonds is 0. The summed E-state index contributed by atoms with van der Waals surface area (Å²) in [4.78, 5) is 12.0. The van der Waals surface area contributed by atoms with E-state index in [1.807, 2.05) is 6.08 Å². The fourth-order valence-corrected chi connectivity index (χ4v) is 4.20. The average molecular weight is 216 g/mol. The van der Waals surface area contributed by atoms with E-state index in [9.17, 15) is 4.79 Å². The maximum Gasteiger partial charge on any atom is 0.182 e. The van der Waals surface area contributed by atoms with Crippen molar-refractivity contribution in [2.45, 2.75) is 40.5 Å². The molecule has 3 rings (SSSR count). The zero-order chi connectivity index (χ0) is 11.7. The van der Waals surface area contributed by atoms with Crippen LogP contribution in [-0.2, 0) is 4.79 Å². The third kappa shape index (κ3) is 1.09. The molecule has 0 radical (unpaired) electrons. The fraction of sp³-hybridized carbons (Fsp3) is 0.667. The summed E-state index contributed by atoms with van der Waals surface area (Å²) in [5.41, 5.74) is 4.26. The van der Waals surface area contributed by atoms with Crippen LogP contribution in [0.15, 0.2) is 22.8 Å². The van der Waals surface area contributed by atoms with Crippen LogP contribution in [0.4, 0.5) is 0 Å². The maximum atomic E-state index is 12.0. The topological polar surface area (TPSA) is 17.1 Å². The van der Waals surface area contributed by atoms with Crippen molar-refractivity contribution in [2.75, 3.05) is 0 Å². The van der Waals surface area contributed by atoms with Crippen LogP contribution in [0.3, 0.4) is 0 Å². The minimum absolute atomic E-state index is 0.295. The summed E-state index contributed by atoms with van der Waals surface area (Å²) in [6.45, 7) is 9.04. The van der Waals surface area contributed by atoms with Crippen LogP contribution >= 0.6 is 0 Å². The Morgan fingerprint density at radius 1 is 1.31 bits per heavy atom. The molecule has 0 aromatic carbocycles. The molecule has 0 saturated heterocycles. The second-order valence-electron chi connectivity index (χ2n) is 6.42. The Labute approximate surface area is 97.6 Å². The molecular weight excluding hydrogens is 196 g/mol. The number of allylic oxidation sites excluding steroid dienone is 4. The molecule has 0 unspecified atom stereocenters. The van der Waals surface area contributed by atoms with Gasteiger partial charge in [-0.3, -0.25) is 4.79 Å². The van der Waals surface area contributed by atoms with Crippen molar-refractivity contribution in [2.24, 2.45) is 23.2 Å². The lowest BCUT2D eigenvalue weighted by atomic mass is 9.86. The Morgan fingerprint density at radius 2 is 2.00 bits per heavy atom. The van der Waals surface area contributed by atoms with E-state index in [1.165, 1.54) is 17.6 Å². The molecule has 16 heavy (non-hydrogen) atoms. The first-order valence-electron chi connectivity index (χ1n) is 6.36. The molecule has 3 aliphatic rings. The lowest BCUT2D eigenvalue weighted by Gasteiger charge is -2.17. The molecule has 0 aromatic heterocycles. The number of hydrogen-bond acceptors (Lipinski definition) is 1. The average Bonchev–Trinajstić information content (AvgIpc) is 2.65. The van der Waals surface area contributed by atoms with Gasteiger partial charge in [0.05, 0.1) is 0 Å². The van der Waals surface area contributed by atoms with Gasteiger partial charge in [-0.25, -0.2) is 0 Å². The number of ketones is 1. The number of carbonyl (C=O) groups excluding carboxylic acids is 1. The summed E-state index contributed by atoms with van der Waals surface area (Å²) in [5, 5.41) is 0. The highest BCUT2D eigenvalue weighted by Crippen LogP contribution is 2.68. The first kappa shape index (κ1) is 10.3. The smallest absolute Gasteiger partial charge is 0.182 e. The van der Waals surface area contributed by atoms with Crippen molar-refractivity contribution in [3.8, 4) is 0 Å². The minimum Gasteiger partial charge on any atom is -0.290 e. The van der Waals surface area contributed by atoms with E-state index in [4.69, 9.17) is 0 Å². The molecule has 1 saturated carbocycles. The molecule has 1 nitrogen and oxygen atoms in total. The summed E-state index contributed by atoms with van der Waals surface area (Å²) in [7, 11) is 0. The van der Waals surface area contributed by atoms with Gasteiger partial charge in [-0.05, 0) is 50.0 Å². The van der Waals surface area contributed by atoms with E-state index in [-0.39, 0.29) is 0 Å². The molecule has 0 amide bonds. The lowest BCUT2D eigenvalue weighted by molar-refractivity contribution is -0.111.